The molecule has 3 aromatic carbocycles. The summed E-state index contributed by atoms with van der Waals surface area (Å²) in [7, 11) is 0. The first-order valence-corrected chi connectivity index (χ1v) is 10.7. The minimum Gasteiger partial charge on any atom is -0.305 e. The quantitative estimate of drug-likeness (QED) is 0.355. The van der Waals surface area contributed by atoms with Crippen LogP contribution in [0.1, 0.15) is 37.5 Å². The molecule has 0 saturated carbocycles. The van der Waals surface area contributed by atoms with Gasteiger partial charge < -0.3 is 5.32 Å². The van der Waals surface area contributed by atoms with Crippen molar-refractivity contribution in [2.24, 2.45) is 0 Å². The molecule has 5 nitrogen and oxygen atoms in total. The lowest BCUT2D eigenvalue weighted by Crippen LogP contribution is -2.17. The van der Waals surface area contributed by atoms with Gasteiger partial charge in [-0.25, -0.2) is 0 Å². The number of benzene rings is 3. The topological polar surface area (TPSA) is 64.0 Å². The Morgan fingerprint density at radius 2 is 1.59 bits per heavy atom. The predicted molar refractivity (Wildman–Crippen MR) is 127 cm³/mol. The summed E-state index contributed by atoms with van der Waals surface area (Å²) in [6.45, 7) is 2.43. The van der Waals surface area contributed by atoms with Crippen molar-refractivity contribution in [1.29, 1.82) is 0 Å². The smallest absolute Gasteiger partial charge is 0.257 e. The zero-order valence-corrected chi connectivity index (χ0v) is 18.7. The summed E-state index contributed by atoms with van der Waals surface area (Å²) in [6, 6.07) is 22.6. The molecule has 1 amide bonds. The van der Waals surface area contributed by atoms with Gasteiger partial charge in [0.15, 0.2) is 11.6 Å². The average molecular weight is 464 g/mol. The largest absolute Gasteiger partial charge is 0.305 e. The van der Waals surface area contributed by atoms with Crippen LogP contribution in [-0.2, 0) is 6.54 Å². The first-order valence-electron chi connectivity index (χ1n) is 9.90. The lowest BCUT2D eigenvalue weighted by molar-refractivity contribution is 0.0996. The summed E-state index contributed by atoms with van der Waals surface area (Å²) < 4.78 is 1.78. The van der Waals surface area contributed by atoms with Crippen LogP contribution in [0.2, 0.25) is 10.0 Å². The van der Waals surface area contributed by atoms with Crippen molar-refractivity contribution in [3.63, 3.8) is 0 Å². The van der Waals surface area contributed by atoms with Gasteiger partial charge in [-0.1, -0.05) is 53.5 Å². The maximum absolute atomic E-state index is 13.0. The third-order valence-corrected chi connectivity index (χ3v) is 5.45. The van der Waals surface area contributed by atoms with E-state index in [-0.39, 0.29) is 11.3 Å². The molecule has 0 bridgehead atoms. The van der Waals surface area contributed by atoms with E-state index in [4.69, 9.17) is 23.2 Å². The third-order valence-electron chi connectivity index (χ3n) is 4.97. The molecule has 0 radical (unpaired) electrons. The van der Waals surface area contributed by atoms with E-state index in [2.05, 4.69) is 10.4 Å². The van der Waals surface area contributed by atoms with Crippen LogP contribution in [0.15, 0.2) is 78.9 Å². The van der Waals surface area contributed by atoms with E-state index in [1.54, 1.807) is 59.3 Å². The van der Waals surface area contributed by atoms with E-state index in [1.165, 1.54) is 0 Å². The predicted octanol–water partition coefficient (Wildman–Crippen LogP) is 6.03. The molecule has 0 fully saturated rings. The van der Waals surface area contributed by atoms with Gasteiger partial charge >= 0.3 is 0 Å². The number of amides is 1. The monoisotopic (exact) mass is 463 g/mol. The molecule has 32 heavy (non-hydrogen) atoms. The van der Waals surface area contributed by atoms with Crippen molar-refractivity contribution in [3.05, 3.63) is 117 Å². The summed E-state index contributed by atoms with van der Waals surface area (Å²) in [5, 5.41) is 8.48. The van der Waals surface area contributed by atoms with Crippen LogP contribution in [0.3, 0.4) is 0 Å². The zero-order valence-electron chi connectivity index (χ0n) is 17.2. The Hall–Kier alpha value is -3.41. The van der Waals surface area contributed by atoms with E-state index in [0.29, 0.717) is 33.5 Å². The fourth-order valence-electron chi connectivity index (χ4n) is 3.36. The summed E-state index contributed by atoms with van der Waals surface area (Å²) in [4.78, 5) is 26.0. The molecule has 1 aromatic heterocycles. The Morgan fingerprint density at radius 3 is 2.31 bits per heavy atom. The highest BCUT2D eigenvalue weighted by Crippen LogP contribution is 2.19. The minimum atomic E-state index is -0.407. The molecule has 0 spiro atoms. The van der Waals surface area contributed by atoms with Gasteiger partial charge in [0, 0.05) is 32.9 Å². The van der Waals surface area contributed by atoms with Crippen LogP contribution in [0, 0.1) is 6.92 Å². The lowest BCUT2D eigenvalue weighted by Gasteiger charge is -2.09. The van der Waals surface area contributed by atoms with E-state index < -0.39 is 5.91 Å². The first kappa shape index (κ1) is 21.8. The number of hydrogen-bond donors (Lipinski definition) is 1. The number of aromatic nitrogens is 2. The normalized spacial score (nSPS) is 10.7. The molecule has 1 heterocycles. The second-order valence-corrected chi connectivity index (χ2v) is 8.17. The molecule has 0 aliphatic carbocycles. The van der Waals surface area contributed by atoms with Gasteiger partial charge in [-0.05, 0) is 55.0 Å². The zero-order chi connectivity index (χ0) is 22.7. The molecule has 160 valence electrons. The summed E-state index contributed by atoms with van der Waals surface area (Å²) in [5.41, 5.74) is 2.92. The second-order valence-electron chi connectivity index (χ2n) is 7.29. The summed E-state index contributed by atoms with van der Waals surface area (Å²) in [6.07, 6.45) is 0. The van der Waals surface area contributed by atoms with Crippen molar-refractivity contribution in [2.45, 2.75) is 13.5 Å². The van der Waals surface area contributed by atoms with Gasteiger partial charge in [0.1, 0.15) is 0 Å². The maximum atomic E-state index is 13.0. The molecule has 0 aliphatic rings. The van der Waals surface area contributed by atoms with Crippen molar-refractivity contribution in [2.75, 3.05) is 5.32 Å². The van der Waals surface area contributed by atoms with Crippen molar-refractivity contribution in [3.8, 4) is 0 Å². The lowest BCUT2D eigenvalue weighted by atomic mass is 9.98. The van der Waals surface area contributed by atoms with Crippen LogP contribution in [0.4, 0.5) is 5.82 Å². The number of carbonyl (C=O) groups excluding carboxylic acids is 2. The van der Waals surface area contributed by atoms with Crippen LogP contribution in [0.5, 0.6) is 0 Å². The molecular weight excluding hydrogens is 445 g/mol. The number of hydrogen-bond acceptors (Lipinski definition) is 3. The molecular formula is C25H19Cl2N3O2. The molecule has 7 heteroatoms. The van der Waals surface area contributed by atoms with Gasteiger partial charge in [-0.3, -0.25) is 14.3 Å². The Bertz CT molecular complexity index is 1300. The Balaban J connectivity index is 1.55. The van der Waals surface area contributed by atoms with Crippen LogP contribution in [-0.4, -0.2) is 21.5 Å². The average Bonchev–Trinajstić information content (AvgIpc) is 3.12. The molecule has 0 unspecified atom stereocenters. The number of anilines is 1. The van der Waals surface area contributed by atoms with Crippen molar-refractivity contribution in [1.82, 2.24) is 9.78 Å². The maximum Gasteiger partial charge on any atom is 0.257 e. The van der Waals surface area contributed by atoms with Crippen LogP contribution < -0.4 is 5.32 Å². The van der Waals surface area contributed by atoms with Gasteiger partial charge in [-0.2, -0.15) is 5.10 Å². The highest BCUT2D eigenvalue weighted by atomic mass is 35.5. The summed E-state index contributed by atoms with van der Waals surface area (Å²) >= 11 is 12.0. The fraction of sp³-hybridized carbons (Fsp3) is 0.0800. The number of ketones is 1. The Labute approximate surface area is 195 Å². The number of aryl methyl sites for hydroxylation is 1. The van der Waals surface area contributed by atoms with E-state index >= 15 is 0 Å². The molecule has 0 aliphatic heterocycles. The van der Waals surface area contributed by atoms with E-state index in [1.807, 2.05) is 31.2 Å². The number of carbonyl (C=O) groups is 2. The standard InChI is InChI=1S/C25H19Cl2N3O2/c1-16-13-23(29-30(16)15-17-5-4-6-20(27)14-17)28-25(32)22-8-3-2-7-21(22)24(31)18-9-11-19(26)12-10-18/h2-14H,15H2,1H3,(H,28,29,32). The van der Waals surface area contributed by atoms with Crippen LogP contribution >= 0.6 is 23.2 Å². The molecule has 1 N–H and O–H groups in total. The highest BCUT2D eigenvalue weighted by Gasteiger charge is 2.19. The SMILES string of the molecule is Cc1cc(NC(=O)c2ccccc2C(=O)c2ccc(Cl)cc2)nn1Cc1cccc(Cl)c1. The Morgan fingerprint density at radius 1 is 0.875 bits per heavy atom. The fourth-order valence-corrected chi connectivity index (χ4v) is 3.70. The van der Waals surface area contributed by atoms with E-state index in [0.717, 1.165) is 11.3 Å². The number of nitrogens with zero attached hydrogens (tertiary/aromatic N) is 2. The number of nitrogens with one attached hydrogen (secondary N) is 1. The van der Waals surface area contributed by atoms with Gasteiger partial charge in [0.05, 0.1) is 12.1 Å². The first-order chi connectivity index (χ1) is 15.4. The van der Waals surface area contributed by atoms with Crippen LogP contribution in [0.25, 0.3) is 0 Å². The van der Waals surface area contributed by atoms with Crippen molar-refractivity contribution >= 4 is 40.7 Å². The van der Waals surface area contributed by atoms with E-state index in [9.17, 15) is 9.59 Å². The van der Waals surface area contributed by atoms with Gasteiger partial charge in [-0.15, -0.1) is 0 Å². The molecule has 0 saturated heterocycles. The van der Waals surface area contributed by atoms with Crippen molar-refractivity contribution < 1.29 is 9.59 Å². The number of halogens is 2. The van der Waals surface area contributed by atoms with Gasteiger partial charge in [0.25, 0.3) is 5.91 Å². The van der Waals surface area contributed by atoms with Gasteiger partial charge in [0.2, 0.25) is 0 Å². The molecule has 4 rings (SSSR count). The molecule has 0 atom stereocenters. The minimum absolute atomic E-state index is 0.255. The third kappa shape index (κ3) is 4.90. The highest BCUT2D eigenvalue weighted by molar-refractivity contribution is 6.31. The number of rotatable bonds is 6. The second kappa shape index (κ2) is 9.39. The molecule has 4 aromatic rings. The Kier molecular flexibility index (Phi) is 6.40. The summed E-state index contributed by atoms with van der Waals surface area (Å²) in [5.74, 6) is -0.256.